The molecule has 5 heterocycles. The number of ether oxygens (including phenoxy) is 3. The van der Waals surface area contributed by atoms with E-state index in [-0.39, 0.29) is 51.8 Å². The number of hydrogen-bond donors (Lipinski definition) is 4. The van der Waals surface area contributed by atoms with E-state index in [1.165, 1.54) is 19.2 Å². The van der Waals surface area contributed by atoms with Gasteiger partial charge in [0.1, 0.15) is 28.5 Å². The maximum absolute atomic E-state index is 15.6. The molecule has 2 fully saturated rings. The number of aromatic amines is 1. The number of nitrogens with zero attached hydrogens (tertiary/aromatic N) is 5. The van der Waals surface area contributed by atoms with Gasteiger partial charge in [-0.1, -0.05) is 0 Å². The van der Waals surface area contributed by atoms with E-state index in [1.807, 2.05) is 25.7 Å². The third-order valence-corrected chi connectivity index (χ3v) is 9.32. The Balaban J connectivity index is 1.28. The summed E-state index contributed by atoms with van der Waals surface area (Å²) in [5.41, 5.74) is -0.655. The molecule has 17 heteroatoms. The lowest BCUT2D eigenvalue weighted by atomic mass is 10.0. The first-order valence-corrected chi connectivity index (χ1v) is 18.6. The highest BCUT2D eigenvalue weighted by Gasteiger charge is 2.31. The number of nitrogens with one attached hydrogen (secondary N) is 4. The summed E-state index contributed by atoms with van der Waals surface area (Å²) in [6, 6.07) is 7.13. The minimum absolute atomic E-state index is 0.00586. The SMILES string of the molecule is [C-]#[N+]c1c(-c2ccc(OC)cc2F)nc2[nH]nc(NC(=O)N3CCC(NC(=O)OC(C)(C)C)CC3)c2c1-c1ccc(N2CCC(NC(=O)OC(C)(C)C)CC2)o1. The summed E-state index contributed by atoms with van der Waals surface area (Å²) < 4.78 is 38.0. The van der Waals surface area contributed by atoms with Crippen molar-refractivity contribution in [3.8, 4) is 28.3 Å². The second-order valence-corrected chi connectivity index (χ2v) is 15.8. The number of carbonyl (C=O) groups is 3. The Labute approximate surface area is 324 Å². The van der Waals surface area contributed by atoms with Crippen LogP contribution in [0.25, 0.3) is 38.5 Å². The monoisotopic (exact) mass is 773 g/mol. The van der Waals surface area contributed by atoms with Crippen LogP contribution in [0.15, 0.2) is 34.7 Å². The fourth-order valence-corrected chi connectivity index (χ4v) is 6.73. The zero-order chi connectivity index (χ0) is 40.4. The molecule has 0 aliphatic carbocycles. The fourth-order valence-electron chi connectivity index (χ4n) is 6.73. The normalized spacial score (nSPS) is 15.6. The predicted molar refractivity (Wildman–Crippen MR) is 207 cm³/mol. The quantitative estimate of drug-likeness (QED) is 0.137. The number of alkyl carbamates (subject to hydrolysis) is 2. The molecule has 2 aliphatic heterocycles. The van der Waals surface area contributed by atoms with Crippen LogP contribution in [0.2, 0.25) is 0 Å². The predicted octanol–water partition coefficient (Wildman–Crippen LogP) is 7.60. The third-order valence-electron chi connectivity index (χ3n) is 9.32. The number of piperidine rings is 2. The van der Waals surface area contributed by atoms with Crippen molar-refractivity contribution in [3.63, 3.8) is 0 Å². The molecule has 2 aliphatic rings. The maximum atomic E-state index is 15.6. The number of pyridine rings is 1. The van der Waals surface area contributed by atoms with Crippen molar-refractivity contribution in [1.29, 1.82) is 0 Å². The molecule has 4 N–H and O–H groups in total. The summed E-state index contributed by atoms with van der Waals surface area (Å²) in [7, 11) is 1.43. The molecule has 0 radical (unpaired) electrons. The zero-order valence-electron chi connectivity index (χ0n) is 32.7. The van der Waals surface area contributed by atoms with Crippen LogP contribution in [0.4, 0.5) is 36.2 Å². The summed E-state index contributed by atoms with van der Waals surface area (Å²) in [6.07, 6.45) is 1.36. The largest absolute Gasteiger partial charge is 0.497 e. The molecule has 2 saturated heterocycles. The first-order chi connectivity index (χ1) is 26.5. The molecule has 4 amide bonds. The number of fused-ring (bicyclic) bond motifs is 1. The summed E-state index contributed by atoms with van der Waals surface area (Å²) in [5, 5.41) is 16.2. The number of urea groups is 1. The van der Waals surface area contributed by atoms with Crippen LogP contribution < -0.4 is 25.6 Å². The Bertz CT molecular complexity index is 2130. The molecule has 6 rings (SSSR count). The van der Waals surface area contributed by atoms with Crippen LogP contribution in [-0.4, -0.2) is 94.9 Å². The van der Waals surface area contributed by atoms with Crippen LogP contribution in [0.5, 0.6) is 5.75 Å². The van der Waals surface area contributed by atoms with Crippen LogP contribution in [0.1, 0.15) is 67.2 Å². The number of methoxy groups -OCH3 is 1. The van der Waals surface area contributed by atoms with Crippen molar-refractivity contribution in [2.45, 2.75) is 90.5 Å². The Hall–Kier alpha value is -6.05. The highest BCUT2D eigenvalue weighted by Crippen LogP contribution is 2.46. The lowest BCUT2D eigenvalue weighted by Gasteiger charge is -2.32. The number of halogens is 1. The molecular formula is C39H48FN9O7. The molecule has 4 aromatic rings. The number of benzene rings is 1. The second-order valence-electron chi connectivity index (χ2n) is 15.8. The van der Waals surface area contributed by atoms with Gasteiger partial charge in [-0.05, 0) is 85.4 Å². The van der Waals surface area contributed by atoms with E-state index in [4.69, 9.17) is 25.2 Å². The van der Waals surface area contributed by atoms with Gasteiger partial charge in [-0.3, -0.25) is 10.4 Å². The fraction of sp³-hybridized carbons (Fsp3) is 0.487. The standard InChI is InChI=1S/C39H48FN9O7/c1-38(2,3)55-36(51)42-22-13-17-48(18-14-22)28-12-11-27(54-28)29-30-33(44-31(32(29)41-7)25-10-9-24(53-8)21-26(25)40)46-47-34(30)45-35(50)49-19-15-23(16-20-49)43-37(52)56-39(4,5)6/h9-12,21-23H,13-20H2,1-6,8H3,(H,42,51)(H,43,52)(H2,44,45,46,47,50). The molecule has 298 valence electrons. The summed E-state index contributed by atoms with van der Waals surface area (Å²) in [6.45, 7) is 21.0. The van der Waals surface area contributed by atoms with E-state index in [0.29, 0.717) is 68.9 Å². The van der Waals surface area contributed by atoms with Gasteiger partial charge in [0.05, 0.1) is 24.8 Å². The second kappa shape index (κ2) is 16.0. The van der Waals surface area contributed by atoms with Crippen molar-refractivity contribution in [2.75, 3.05) is 43.5 Å². The van der Waals surface area contributed by atoms with Crippen LogP contribution in [0.3, 0.4) is 0 Å². The van der Waals surface area contributed by atoms with E-state index in [0.717, 1.165) is 0 Å². The van der Waals surface area contributed by atoms with Gasteiger partial charge in [-0.2, -0.15) is 5.10 Å². The molecule has 56 heavy (non-hydrogen) atoms. The van der Waals surface area contributed by atoms with Gasteiger partial charge in [-0.15, -0.1) is 0 Å². The van der Waals surface area contributed by atoms with Crippen molar-refractivity contribution in [3.05, 3.63) is 47.6 Å². The topological polar surface area (TPSA) is 181 Å². The van der Waals surface area contributed by atoms with E-state index < -0.39 is 35.2 Å². The average Bonchev–Trinajstić information content (AvgIpc) is 3.77. The minimum atomic E-state index is -0.646. The molecule has 0 bridgehead atoms. The number of H-pyrrole nitrogens is 1. The number of rotatable bonds is 7. The highest BCUT2D eigenvalue weighted by atomic mass is 19.1. The minimum Gasteiger partial charge on any atom is -0.497 e. The molecule has 16 nitrogen and oxygen atoms in total. The molecule has 3 aromatic heterocycles. The van der Waals surface area contributed by atoms with Gasteiger partial charge in [0.25, 0.3) is 0 Å². The van der Waals surface area contributed by atoms with Crippen LogP contribution in [-0.2, 0) is 9.47 Å². The number of anilines is 2. The van der Waals surface area contributed by atoms with E-state index in [1.54, 1.807) is 43.9 Å². The van der Waals surface area contributed by atoms with Crippen LogP contribution >= 0.6 is 0 Å². The summed E-state index contributed by atoms with van der Waals surface area (Å²) in [5.74, 6) is 0.584. The van der Waals surface area contributed by atoms with Crippen molar-refractivity contribution < 1.29 is 37.4 Å². The van der Waals surface area contributed by atoms with E-state index in [9.17, 15) is 14.4 Å². The Morgan fingerprint density at radius 1 is 0.929 bits per heavy atom. The Kier molecular flexibility index (Phi) is 11.3. The molecule has 0 atom stereocenters. The molecule has 0 saturated carbocycles. The Morgan fingerprint density at radius 3 is 2.09 bits per heavy atom. The van der Waals surface area contributed by atoms with Crippen LogP contribution in [0, 0.1) is 12.4 Å². The molecule has 0 spiro atoms. The van der Waals surface area contributed by atoms with Gasteiger partial charge < -0.3 is 39.1 Å². The van der Waals surface area contributed by atoms with Gasteiger partial charge in [-0.25, -0.2) is 28.6 Å². The number of carbonyl (C=O) groups excluding carboxylic acids is 3. The summed E-state index contributed by atoms with van der Waals surface area (Å²) >= 11 is 0. The number of likely N-dealkylation sites (tertiary alicyclic amines) is 1. The average molecular weight is 774 g/mol. The van der Waals surface area contributed by atoms with Crippen molar-refractivity contribution >= 4 is 46.6 Å². The zero-order valence-corrected chi connectivity index (χ0v) is 32.7. The lowest BCUT2D eigenvalue weighted by Crippen LogP contribution is -2.48. The molecular weight excluding hydrogens is 725 g/mol. The number of amides is 4. The number of furan rings is 1. The molecule has 1 aromatic carbocycles. The highest BCUT2D eigenvalue weighted by molar-refractivity contribution is 6.11. The molecule has 0 unspecified atom stereocenters. The van der Waals surface area contributed by atoms with E-state index in [2.05, 4.69) is 36.0 Å². The smallest absolute Gasteiger partial charge is 0.407 e. The summed E-state index contributed by atoms with van der Waals surface area (Å²) in [4.78, 5) is 50.4. The van der Waals surface area contributed by atoms with E-state index >= 15 is 4.39 Å². The first kappa shape index (κ1) is 39.6. The van der Waals surface area contributed by atoms with Crippen molar-refractivity contribution in [2.24, 2.45) is 0 Å². The van der Waals surface area contributed by atoms with Gasteiger partial charge in [0.2, 0.25) is 5.69 Å². The third kappa shape index (κ3) is 9.24. The van der Waals surface area contributed by atoms with Gasteiger partial charge in [0.15, 0.2) is 17.3 Å². The first-order valence-electron chi connectivity index (χ1n) is 18.6. The maximum Gasteiger partial charge on any atom is 0.407 e. The number of aromatic nitrogens is 3. The van der Waals surface area contributed by atoms with Gasteiger partial charge in [0, 0.05) is 61.5 Å². The van der Waals surface area contributed by atoms with Gasteiger partial charge >= 0.3 is 18.2 Å². The number of hydrogen-bond acceptors (Lipinski definition) is 10. The van der Waals surface area contributed by atoms with Crippen molar-refractivity contribution in [1.82, 2.24) is 30.7 Å². The lowest BCUT2D eigenvalue weighted by molar-refractivity contribution is 0.0478. The Morgan fingerprint density at radius 2 is 1.54 bits per heavy atom.